The molecular formula is C15H15N3O3. The number of rotatable bonds is 5. The highest BCUT2D eigenvalue weighted by atomic mass is 16.5. The van der Waals surface area contributed by atoms with Crippen molar-refractivity contribution in [1.82, 2.24) is 10.3 Å². The molecule has 0 fully saturated rings. The molecule has 6 heteroatoms. The first kappa shape index (κ1) is 14.5. The van der Waals surface area contributed by atoms with Crippen LogP contribution in [-0.4, -0.2) is 30.1 Å². The van der Waals surface area contributed by atoms with Crippen molar-refractivity contribution in [1.29, 1.82) is 0 Å². The Morgan fingerprint density at radius 3 is 2.62 bits per heavy atom. The molecule has 0 spiro atoms. The molecule has 108 valence electrons. The van der Waals surface area contributed by atoms with Crippen molar-refractivity contribution in [2.75, 3.05) is 18.5 Å². The predicted octanol–water partition coefficient (Wildman–Crippen LogP) is 2.06. The van der Waals surface area contributed by atoms with Crippen LogP contribution in [0, 0.1) is 0 Å². The molecule has 1 heterocycles. The number of carbonyl (C=O) groups is 2. The Kier molecular flexibility index (Phi) is 5.28. The highest BCUT2D eigenvalue weighted by Gasteiger charge is 2.05. The quantitative estimate of drug-likeness (QED) is 0.824. The highest BCUT2D eigenvalue weighted by Crippen LogP contribution is 2.02. The normalized spacial score (nSPS) is 9.71. The number of nitrogens with zero attached hydrogens (tertiary/aromatic N) is 1. The topological polar surface area (TPSA) is 80.3 Å². The minimum absolute atomic E-state index is 0.0880. The van der Waals surface area contributed by atoms with Gasteiger partial charge in [-0.1, -0.05) is 18.2 Å². The number of carbonyl (C=O) groups excluding carboxylic acids is 2. The number of anilines is 1. The lowest BCUT2D eigenvalue weighted by atomic mass is 10.2. The number of hydrogen-bond donors (Lipinski definition) is 2. The van der Waals surface area contributed by atoms with Crippen LogP contribution in [0.1, 0.15) is 10.4 Å². The smallest absolute Gasteiger partial charge is 0.411 e. The lowest BCUT2D eigenvalue weighted by molar-refractivity contribution is 0.0938. The maximum atomic E-state index is 11.7. The van der Waals surface area contributed by atoms with Crippen LogP contribution in [0.3, 0.4) is 0 Å². The molecule has 2 N–H and O–H groups in total. The molecule has 2 aromatic rings. The Hall–Kier alpha value is -2.89. The van der Waals surface area contributed by atoms with Crippen LogP contribution in [-0.2, 0) is 4.74 Å². The molecule has 0 saturated carbocycles. The van der Waals surface area contributed by atoms with Crippen LogP contribution in [0.2, 0.25) is 0 Å². The van der Waals surface area contributed by atoms with Gasteiger partial charge in [0.2, 0.25) is 0 Å². The molecule has 0 aliphatic rings. The van der Waals surface area contributed by atoms with Crippen LogP contribution in [0.5, 0.6) is 0 Å². The molecule has 0 radical (unpaired) electrons. The van der Waals surface area contributed by atoms with Gasteiger partial charge in [0.1, 0.15) is 6.61 Å². The van der Waals surface area contributed by atoms with Gasteiger partial charge in [-0.2, -0.15) is 0 Å². The van der Waals surface area contributed by atoms with Crippen LogP contribution in [0.15, 0.2) is 54.9 Å². The van der Waals surface area contributed by atoms with Crippen molar-refractivity contribution < 1.29 is 14.3 Å². The van der Waals surface area contributed by atoms with Crippen molar-refractivity contribution in [3.05, 3.63) is 60.4 Å². The molecule has 21 heavy (non-hydrogen) atoms. The molecule has 0 saturated heterocycles. The molecule has 0 atom stereocenters. The Labute approximate surface area is 122 Å². The Bertz CT molecular complexity index is 588. The first-order valence-electron chi connectivity index (χ1n) is 6.43. The maximum Gasteiger partial charge on any atom is 0.411 e. The van der Waals surface area contributed by atoms with Gasteiger partial charge in [-0.25, -0.2) is 4.79 Å². The van der Waals surface area contributed by atoms with E-state index in [-0.39, 0.29) is 19.1 Å². The first-order valence-corrected chi connectivity index (χ1v) is 6.43. The second-order valence-corrected chi connectivity index (χ2v) is 4.12. The number of ether oxygens (including phenoxy) is 1. The second kappa shape index (κ2) is 7.64. The molecule has 1 aromatic heterocycles. The van der Waals surface area contributed by atoms with Gasteiger partial charge >= 0.3 is 6.09 Å². The van der Waals surface area contributed by atoms with Crippen LogP contribution in [0.4, 0.5) is 10.5 Å². The number of hydrogen-bond acceptors (Lipinski definition) is 4. The summed E-state index contributed by atoms with van der Waals surface area (Å²) in [6.45, 7) is 0.332. The summed E-state index contributed by atoms with van der Waals surface area (Å²) in [5.74, 6) is -0.202. The van der Waals surface area contributed by atoms with Gasteiger partial charge in [0, 0.05) is 11.8 Å². The van der Waals surface area contributed by atoms with Gasteiger partial charge in [0.25, 0.3) is 5.91 Å². The van der Waals surface area contributed by atoms with Crippen LogP contribution < -0.4 is 10.6 Å². The minimum Gasteiger partial charge on any atom is -0.447 e. The largest absolute Gasteiger partial charge is 0.447 e. The molecule has 0 bridgehead atoms. The number of aromatic nitrogens is 1. The second-order valence-electron chi connectivity index (χ2n) is 4.12. The summed E-state index contributed by atoms with van der Waals surface area (Å²) in [6, 6.07) is 12.2. The van der Waals surface area contributed by atoms with E-state index in [1.54, 1.807) is 42.6 Å². The fourth-order valence-corrected chi connectivity index (χ4v) is 1.59. The van der Waals surface area contributed by atoms with E-state index in [1.807, 2.05) is 6.07 Å². The lowest BCUT2D eigenvalue weighted by Gasteiger charge is -2.07. The molecule has 0 unspecified atom stereocenters. The highest BCUT2D eigenvalue weighted by molar-refractivity contribution is 5.94. The zero-order valence-electron chi connectivity index (χ0n) is 11.3. The van der Waals surface area contributed by atoms with Gasteiger partial charge in [0.15, 0.2) is 0 Å². The third-order valence-corrected chi connectivity index (χ3v) is 2.56. The summed E-state index contributed by atoms with van der Waals surface area (Å²) in [7, 11) is 0. The van der Waals surface area contributed by atoms with E-state index in [1.165, 1.54) is 6.20 Å². The van der Waals surface area contributed by atoms with Gasteiger partial charge < -0.3 is 10.1 Å². The fourth-order valence-electron chi connectivity index (χ4n) is 1.59. The van der Waals surface area contributed by atoms with Crippen molar-refractivity contribution in [3.63, 3.8) is 0 Å². The zero-order chi connectivity index (χ0) is 14.9. The van der Waals surface area contributed by atoms with E-state index in [0.29, 0.717) is 11.3 Å². The molecule has 2 amide bonds. The Morgan fingerprint density at radius 2 is 1.90 bits per heavy atom. The molecule has 2 rings (SSSR count). The fraction of sp³-hybridized carbons (Fsp3) is 0.133. The summed E-state index contributed by atoms with van der Waals surface area (Å²) in [5, 5.41) is 5.19. The minimum atomic E-state index is -0.586. The number of nitrogens with one attached hydrogen (secondary N) is 2. The van der Waals surface area contributed by atoms with Gasteiger partial charge in [0.05, 0.1) is 18.4 Å². The summed E-state index contributed by atoms with van der Waals surface area (Å²) >= 11 is 0. The zero-order valence-corrected chi connectivity index (χ0v) is 11.3. The van der Waals surface area contributed by atoms with Gasteiger partial charge in [-0.3, -0.25) is 15.1 Å². The monoisotopic (exact) mass is 285 g/mol. The molecule has 0 aliphatic heterocycles. The predicted molar refractivity (Wildman–Crippen MR) is 78.0 cm³/mol. The third-order valence-electron chi connectivity index (χ3n) is 2.56. The molecule has 6 nitrogen and oxygen atoms in total. The SMILES string of the molecule is O=C(Nc1cccnc1)OCCNC(=O)c1ccccc1. The summed E-state index contributed by atoms with van der Waals surface area (Å²) in [6.07, 6.45) is 2.53. The molecular weight excluding hydrogens is 270 g/mol. The van der Waals surface area contributed by atoms with Crippen molar-refractivity contribution in [2.24, 2.45) is 0 Å². The number of benzene rings is 1. The van der Waals surface area contributed by atoms with E-state index < -0.39 is 6.09 Å². The first-order chi connectivity index (χ1) is 10.3. The van der Waals surface area contributed by atoms with Crippen molar-refractivity contribution in [3.8, 4) is 0 Å². The van der Waals surface area contributed by atoms with E-state index in [4.69, 9.17) is 4.74 Å². The standard InChI is InChI=1S/C15H15N3O3/c19-14(12-5-2-1-3-6-12)17-9-10-21-15(20)18-13-7-4-8-16-11-13/h1-8,11H,9-10H2,(H,17,19)(H,18,20). The van der Waals surface area contributed by atoms with E-state index in [0.717, 1.165) is 0 Å². The van der Waals surface area contributed by atoms with Crippen LogP contribution in [0.25, 0.3) is 0 Å². The molecule has 0 aliphatic carbocycles. The summed E-state index contributed by atoms with van der Waals surface area (Å²) in [5.41, 5.74) is 1.12. The Balaban J connectivity index is 1.66. The Morgan fingerprint density at radius 1 is 1.10 bits per heavy atom. The number of amides is 2. The van der Waals surface area contributed by atoms with E-state index >= 15 is 0 Å². The summed E-state index contributed by atoms with van der Waals surface area (Å²) in [4.78, 5) is 27.0. The van der Waals surface area contributed by atoms with E-state index in [9.17, 15) is 9.59 Å². The molecule has 1 aromatic carbocycles. The average Bonchev–Trinajstić information content (AvgIpc) is 2.53. The van der Waals surface area contributed by atoms with Gasteiger partial charge in [-0.15, -0.1) is 0 Å². The van der Waals surface area contributed by atoms with Gasteiger partial charge in [-0.05, 0) is 24.3 Å². The third kappa shape index (κ3) is 4.94. The summed E-state index contributed by atoms with van der Waals surface area (Å²) < 4.78 is 4.94. The lowest BCUT2D eigenvalue weighted by Crippen LogP contribution is -2.28. The van der Waals surface area contributed by atoms with Crippen molar-refractivity contribution >= 4 is 17.7 Å². The van der Waals surface area contributed by atoms with Crippen molar-refractivity contribution in [2.45, 2.75) is 0 Å². The van der Waals surface area contributed by atoms with Crippen LogP contribution >= 0.6 is 0 Å². The number of pyridine rings is 1. The van der Waals surface area contributed by atoms with E-state index in [2.05, 4.69) is 15.6 Å². The maximum absolute atomic E-state index is 11.7. The average molecular weight is 285 g/mol.